The van der Waals surface area contributed by atoms with E-state index in [2.05, 4.69) is 40.1 Å². The summed E-state index contributed by atoms with van der Waals surface area (Å²) in [5.74, 6) is 1.41. The van der Waals surface area contributed by atoms with Crippen LogP contribution >= 0.6 is 27.5 Å². The summed E-state index contributed by atoms with van der Waals surface area (Å²) in [5, 5.41) is 37.0. The Hall–Kier alpha value is -2.17. The van der Waals surface area contributed by atoms with Gasteiger partial charge >= 0.3 is 0 Å². The first-order valence-electron chi connectivity index (χ1n) is 11.2. The maximum atomic E-state index is 10.3. The molecular formula is C25H31BrClN3O5. The molecule has 0 aliphatic rings. The molecule has 0 spiro atoms. The summed E-state index contributed by atoms with van der Waals surface area (Å²) in [5.41, 5.74) is 3.11. The third-order valence-electron chi connectivity index (χ3n) is 5.89. The minimum absolute atomic E-state index is 0.101. The van der Waals surface area contributed by atoms with Crippen LogP contribution in [0.4, 0.5) is 0 Å². The second-order valence-electron chi connectivity index (χ2n) is 8.84. The van der Waals surface area contributed by atoms with E-state index in [1.165, 1.54) is 0 Å². The van der Waals surface area contributed by atoms with E-state index in [1.54, 1.807) is 11.6 Å². The van der Waals surface area contributed by atoms with Crippen molar-refractivity contribution in [1.29, 1.82) is 0 Å². The summed E-state index contributed by atoms with van der Waals surface area (Å²) in [6, 6.07) is 13.7. The molecule has 0 amide bonds. The van der Waals surface area contributed by atoms with Crippen LogP contribution in [0.3, 0.4) is 0 Å². The number of aliphatic hydroxyl groups excluding tert-OH is 3. The first-order chi connectivity index (χ1) is 16.6. The number of nitrogens with zero attached hydrogens (tertiary/aromatic N) is 3. The average molecular weight is 569 g/mol. The molecule has 190 valence electrons. The molecule has 0 saturated carbocycles. The Morgan fingerprint density at radius 2 is 1.69 bits per heavy atom. The van der Waals surface area contributed by atoms with Crippen molar-refractivity contribution in [1.82, 2.24) is 15.0 Å². The summed E-state index contributed by atoms with van der Waals surface area (Å²) in [4.78, 5) is 0. The van der Waals surface area contributed by atoms with Crippen LogP contribution in [-0.4, -0.2) is 61.6 Å². The summed E-state index contributed by atoms with van der Waals surface area (Å²) in [7, 11) is 0. The highest BCUT2D eigenvalue weighted by molar-refractivity contribution is 9.10. The second kappa shape index (κ2) is 12.2. The van der Waals surface area contributed by atoms with Crippen LogP contribution in [-0.2, 0) is 18.6 Å². The molecule has 3 N–H and O–H groups in total. The Morgan fingerprint density at radius 1 is 1.03 bits per heavy atom. The molecule has 0 unspecified atom stereocenters. The van der Waals surface area contributed by atoms with Gasteiger partial charge in [0.25, 0.3) is 0 Å². The molecule has 1 heterocycles. The SMILES string of the molecule is Cc1c(CO)nnn1C[C@H](O)COc1ccc(C(C)(C)c2ccc(OC[C@@H](O)CCl)c(Br)c2)cc1. The van der Waals surface area contributed by atoms with Gasteiger partial charge in [0, 0.05) is 5.41 Å². The largest absolute Gasteiger partial charge is 0.491 e. The zero-order valence-electron chi connectivity index (χ0n) is 20.0. The van der Waals surface area contributed by atoms with Crippen LogP contribution in [0.15, 0.2) is 46.9 Å². The Bertz CT molecular complexity index is 1110. The molecule has 35 heavy (non-hydrogen) atoms. The van der Waals surface area contributed by atoms with Crippen molar-refractivity contribution in [3.05, 3.63) is 69.5 Å². The molecule has 0 fully saturated rings. The Labute approximate surface area is 218 Å². The number of halogens is 2. The van der Waals surface area contributed by atoms with Crippen LogP contribution < -0.4 is 9.47 Å². The van der Waals surface area contributed by atoms with E-state index in [4.69, 9.17) is 21.1 Å². The number of benzene rings is 2. The molecule has 2 atom stereocenters. The molecule has 2 aromatic carbocycles. The topological polar surface area (TPSA) is 110 Å². The molecule has 8 nitrogen and oxygen atoms in total. The minimum atomic E-state index is -0.776. The monoisotopic (exact) mass is 567 g/mol. The quantitative estimate of drug-likeness (QED) is 0.287. The number of ether oxygens (including phenoxy) is 2. The van der Waals surface area contributed by atoms with Crippen LogP contribution in [0.1, 0.15) is 36.4 Å². The fourth-order valence-corrected chi connectivity index (χ4v) is 4.11. The molecule has 3 aromatic rings. The highest BCUT2D eigenvalue weighted by Crippen LogP contribution is 2.36. The Balaban J connectivity index is 1.60. The van der Waals surface area contributed by atoms with Gasteiger partial charge in [0.2, 0.25) is 0 Å². The van der Waals surface area contributed by atoms with Crippen LogP contribution in [0.5, 0.6) is 11.5 Å². The standard InChI is InChI=1S/C25H31BrClN3O5/c1-16-23(13-31)28-29-30(16)12-20(33)15-34-21-7-4-17(5-8-21)25(2,3)18-6-9-24(22(26)10-18)35-14-19(32)11-27/h4-10,19-20,31-33H,11-15H2,1-3H3/t19-,20-/m0/s1. The maximum absolute atomic E-state index is 10.3. The summed E-state index contributed by atoms with van der Waals surface area (Å²) < 4.78 is 13.8. The molecular weight excluding hydrogens is 538 g/mol. The van der Waals surface area contributed by atoms with Crippen molar-refractivity contribution >= 4 is 27.5 Å². The predicted molar refractivity (Wildman–Crippen MR) is 137 cm³/mol. The normalized spacial score (nSPS) is 13.5. The average Bonchev–Trinajstić information content (AvgIpc) is 3.20. The van der Waals surface area contributed by atoms with Crippen molar-refractivity contribution in [2.24, 2.45) is 0 Å². The van der Waals surface area contributed by atoms with Crippen molar-refractivity contribution in [3.63, 3.8) is 0 Å². The highest BCUT2D eigenvalue weighted by atomic mass is 79.9. The molecule has 0 aliphatic heterocycles. The lowest BCUT2D eigenvalue weighted by atomic mass is 9.78. The number of aromatic nitrogens is 3. The summed E-state index contributed by atoms with van der Waals surface area (Å²) >= 11 is 9.18. The van der Waals surface area contributed by atoms with Gasteiger partial charge in [-0.3, -0.25) is 0 Å². The fourth-order valence-electron chi connectivity index (χ4n) is 3.53. The first-order valence-corrected chi connectivity index (χ1v) is 12.6. The molecule has 0 aliphatic carbocycles. The second-order valence-corrected chi connectivity index (χ2v) is 10.0. The van der Waals surface area contributed by atoms with E-state index in [9.17, 15) is 15.3 Å². The number of aliphatic hydroxyl groups is 3. The smallest absolute Gasteiger partial charge is 0.133 e. The van der Waals surface area contributed by atoms with Gasteiger partial charge in [0.05, 0.1) is 29.2 Å². The van der Waals surface area contributed by atoms with E-state index in [-0.39, 0.29) is 37.7 Å². The number of rotatable bonds is 12. The van der Waals surface area contributed by atoms with Gasteiger partial charge in [-0.05, 0) is 58.2 Å². The third-order valence-corrected chi connectivity index (χ3v) is 6.87. The molecule has 1 aromatic heterocycles. The number of alkyl halides is 1. The van der Waals surface area contributed by atoms with Crippen LogP contribution in [0.2, 0.25) is 0 Å². The zero-order valence-corrected chi connectivity index (χ0v) is 22.3. The molecule has 3 rings (SSSR count). The molecule has 10 heteroatoms. The van der Waals surface area contributed by atoms with E-state index in [1.807, 2.05) is 42.5 Å². The predicted octanol–water partition coefficient (Wildman–Crippen LogP) is 3.59. The number of hydrogen-bond donors (Lipinski definition) is 3. The molecule has 0 radical (unpaired) electrons. The van der Waals surface area contributed by atoms with Crippen molar-refractivity contribution in [3.8, 4) is 11.5 Å². The lowest BCUT2D eigenvalue weighted by molar-refractivity contribution is 0.0882. The van der Waals surface area contributed by atoms with Crippen molar-refractivity contribution < 1.29 is 24.8 Å². The van der Waals surface area contributed by atoms with Crippen molar-refractivity contribution in [2.75, 3.05) is 19.1 Å². The van der Waals surface area contributed by atoms with Gasteiger partial charge in [-0.15, -0.1) is 16.7 Å². The van der Waals surface area contributed by atoms with E-state index >= 15 is 0 Å². The van der Waals surface area contributed by atoms with Gasteiger partial charge in [0.1, 0.15) is 42.6 Å². The fraction of sp³-hybridized carbons (Fsp3) is 0.440. The highest BCUT2D eigenvalue weighted by Gasteiger charge is 2.24. The molecule has 0 bridgehead atoms. The van der Waals surface area contributed by atoms with Gasteiger partial charge in [-0.2, -0.15) is 0 Å². The third kappa shape index (κ3) is 6.95. The summed E-state index contributed by atoms with van der Waals surface area (Å²) in [6.07, 6.45) is -1.49. The molecule has 0 saturated heterocycles. The lowest BCUT2D eigenvalue weighted by Gasteiger charge is -2.27. The van der Waals surface area contributed by atoms with Gasteiger partial charge in [-0.25, -0.2) is 4.68 Å². The van der Waals surface area contributed by atoms with E-state index < -0.39 is 12.2 Å². The van der Waals surface area contributed by atoms with Crippen molar-refractivity contribution in [2.45, 2.75) is 51.5 Å². The minimum Gasteiger partial charge on any atom is -0.491 e. The van der Waals surface area contributed by atoms with Crippen LogP contribution in [0, 0.1) is 6.92 Å². The van der Waals surface area contributed by atoms with Gasteiger partial charge in [0.15, 0.2) is 0 Å². The maximum Gasteiger partial charge on any atom is 0.133 e. The van der Waals surface area contributed by atoms with Gasteiger partial charge in [-0.1, -0.05) is 37.3 Å². The Morgan fingerprint density at radius 3 is 2.29 bits per heavy atom. The van der Waals surface area contributed by atoms with E-state index in [0.29, 0.717) is 17.2 Å². The lowest BCUT2D eigenvalue weighted by Crippen LogP contribution is -2.25. The summed E-state index contributed by atoms with van der Waals surface area (Å²) in [6.45, 7) is 6.33. The first kappa shape index (κ1) is 27.4. The van der Waals surface area contributed by atoms with E-state index in [0.717, 1.165) is 21.3 Å². The van der Waals surface area contributed by atoms with Gasteiger partial charge < -0.3 is 24.8 Å². The zero-order chi connectivity index (χ0) is 25.6. The number of hydrogen-bond acceptors (Lipinski definition) is 7. The van der Waals surface area contributed by atoms with Crippen LogP contribution in [0.25, 0.3) is 0 Å². The Kier molecular flexibility index (Phi) is 9.54.